The van der Waals surface area contributed by atoms with E-state index in [0.717, 1.165) is 22.0 Å². The third-order valence-electron chi connectivity index (χ3n) is 4.59. The molecule has 5 nitrogen and oxygen atoms in total. The van der Waals surface area contributed by atoms with E-state index in [9.17, 15) is 9.59 Å². The van der Waals surface area contributed by atoms with Crippen molar-refractivity contribution < 1.29 is 14.3 Å². The minimum atomic E-state index is -0.390. The van der Waals surface area contributed by atoms with Crippen molar-refractivity contribution in [2.45, 2.75) is 58.3 Å². The van der Waals surface area contributed by atoms with Crippen LogP contribution in [0.2, 0.25) is 0 Å². The van der Waals surface area contributed by atoms with Gasteiger partial charge in [-0.2, -0.15) is 5.10 Å². The largest absolute Gasteiger partial charge is 0.423 e. The molecule has 0 aliphatic rings. The third-order valence-corrected chi connectivity index (χ3v) is 5.54. The predicted molar refractivity (Wildman–Crippen MR) is 129 cm³/mol. The van der Waals surface area contributed by atoms with E-state index >= 15 is 0 Å². The van der Waals surface area contributed by atoms with Crippen molar-refractivity contribution in [3.63, 3.8) is 0 Å². The summed E-state index contributed by atoms with van der Waals surface area (Å²) in [4.78, 5) is 24.1. The molecule has 6 heteroatoms. The van der Waals surface area contributed by atoms with Crippen molar-refractivity contribution in [2.24, 2.45) is 5.10 Å². The van der Waals surface area contributed by atoms with E-state index in [0.29, 0.717) is 17.7 Å². The van der Waals surface area contributed by atoms with Gasteiger partial charge in [-0.25, -0.2) is 10.2 Å². The Kier molecular flexibility index (Phi) is 11.1. The number of hydrogen-bond donors (Lipinski definition) is 1. The normalized spacial score (nSPS) is 10.9. The van der Waals surface area contributed by atoms with Gasteiger partial charge in [0.05, 0.1) is 11.8 Å². The first-order chi connectivity index (χ1) is 14.6. The number of ether oxygens (including phenoxy) is 1. The van der Waals surface area contributed by atoms with Crippen molar-refractivity contribution in [3.8, 4) is 5.75 Å². The fourth-order valence-corrected chi connectivity index (χ4v) is 3.50. The summed E-state index contributed by atoms with van der Waals surface area (Å²) >= 11 is 2.11. The molecule has 30 heavy (non-hydrogen) atoms. The van der Waals surface area contributed by atoms with Crippen LogP contribution in [0.1, 0.15) is 74.2 Å². The van der Waals surface area contributed by atoms with Crippen molar-refractivity contribution in [2.75, 3.05) is 0 Å². The van der Waals surface area contributed by atoms with Gasteiger partial charge in [0.25, 0.3) is 0 Å². The molecule has 0 aromatic heterocycles. The lowest BCUT2D eigenvalue weighted by Crippen LogP contribution is -2.16. The monoisotopic (exact) mass is 520 g/mol. The molecule has 0 radical (unpaired) electrons. The van der Waals surface area contributed by atoms with Gasteiger partial charge in [0.15, 0.2) is 0 Å². The molecule has 0 aliphatic carbocycles. The van der Waals surface area contributed by atoms with Crippen molar-refractivity contribution >= 4 is 40.7 Å². The number of hydrazone groups is 1. The van der Waals surface area contributed by atoms with Gasteiger partial charge in [-0.05, 0) is 71.0 Å². The van der Waals surface area contributed by atoms with Gasteiger partial charge in [-0.15, -0.1) is 0 Å². The Hall–Kier alpha value is -2.22. The topological polar surface area (TPSA) is 67.8 Å². The Morgan fingerprint density at radius 2 is 1.63 bits per heavy atom. The van der Waals surface area contributed by atoms with Crippen LogP contribution in [0, 0.1) is 3.57 Å². The highest BCUT2D eigenvalue weighted by molar-refractivity contribution is 14.1. The molecule has 1 amide bonds. The molecule has 0 unspecified atom stereocenters. The summed E-state index contributed by atoms with van der Waals surface area (Å²) in [5.41, 5.74) is 3.90. The quantitative estimate of drug-likeness (QED) is 0.0919. The number of nitrogens with zero attached hydrogens (tertiary/aromatic N) is 1. The van der Waals surface area contributed by atoms with Crippen LogP contribution in [0.15, 0.2) is 53.6 Å². The van der Waals surface area contributed by atoms with Gasteiger partial charge < -0.3 is 4.74 Å². The number of nitrogens with one attached hydrogen (secondary N) is 1. The Morgan fingerprint density at radius 1 is 0.967 bits per heavy atom. The van der Waals surface area contributed by atoms with E-state index in [2.05, 4.69) is 40.0 Å². The number of esters is 1. The molecule has 160 valence electrons. The molecule has 2 rings (SSSR count). The molecule has 1 N–H and O–H groups in total. The molecular weight excluding hydrogens is 491 g/mol. The van der Waals surface area contributed by atoms with Gasteiger partial charge in [-0.1, -0.05) is 57.6 Å². The minimum Gasteiger partial charge on any atom is -0.423 e. The summed E-state index contributed by atoms with van der Waals surface area (Å²) in [5.74, 6) is 0.00152. The van der Waals surface area contributed by atoms with Crippen LogP contribution in [0.3, 0.4) is 0 Å². The van der Waals surface area contributed by atoms with E-state index in [1.807, 2.05) is 12.1 Å². The molecule has 0 heterocycles. The van der Waals surface area contributed by atoms with Crippen LogP contribution >= 0.6 is 22.6 Å². The molecule has 2 aromatic carbocycles. The number of carbonyl (C=O) groups excluding carboxylic acids is 2. The standard InChI is InChI=1S/C24H29IN2O3/c1-2-3-4-5-6-7-8-13-23(28)27-26-18-19-14-16-20(17-15-19)30-24(29)21-11-9-10-12-22(21)25/h9-12,14-18H,2-8,13H2,1H3,(H,27,28)/b26-18+. The average Bonchev–Trinajstić information content (AvgIpc) is 2.74. The maximum atomic E-state index is 12.2. The number of unbranched alkanes of at least 4 members (excludes halogenated alkanes) is 6. The Bertz CT molecular complexity index is 835. The summed E-state index contributed by atoms with van der Waals surface area (Å²) in [6, 6.07) is 14.2. The molecule has 0 fully saturated rings. The van der Waals surface area contributed by atoms with Gasteiger partial charge in [0.1, 0.15) is 5.75 Å². The Morgan fingerprint density at radius 3 is 2.33 bits per heavy atom. The summed E-state index contributed by atoms with van der Waals surface area (Å²) in [7, 11) is 0. The van der Waals surface area contributed by atoms with Gasteiger partial charge in [0.2, 0.25) is 5.91 Å². The maximum absolute atomic E-state index is 12.2. The third kappa shape index (κ3) is 9.07. The number of rotatable bonds is 12. The second-order valence-electron chi connectivity index (χ2n) is 7.10. The lowest BCUT2D eigenvalue weighted by atomic mass is 10.1. The van der Waals surface area contributed by atoms with Crippen molar-refractivity contribution in [1.29, 1.82) is 0 Å². The second-order valence-corrected chi connectivity index (χ2v) is 8.27. The highest BCUT2D eigenvalue weighted by Crippen LogP contribution is 2.17. The molecule has 0 saturated carbocycles. The van der Waals surface area contributed by atoms with Crippen LogP contribution in [-0.4, -0.2) is 18.1 Å². The number of hydrogen-bond acceptors (Lipinski definition) is 4. The zero-order chi connectivity index (χ0) is 21.6. The molecule has 2 aromatic rings. The van der Waals surface area contributed by atoms with E-state index in [-0.39, 0.29) is 11.9 Å². The molecule has 0 atom stereocenters. The number of halogens is 1. The average molecular weight is 520 g/mol. The first-order valence-corrected chi connectivity index (χ1v) is 11.6. The fourth-order valence-electron chi connectivity index (χ4n) is 2.89. The second kappa shape index (κ2) is 13.9. The van der Waals surface area contributed by atoms with Gasteiger partial charge >= 0.3 is 5.97 Å². The van der Waals surface area contributed by atoms with E-state index in [1.54, 1.807) is 42.6 Å². The van der Waals surface area contributed by atoms with Gasteiger partial charge in [0, 0.05) is 9.99 Å². The minimum absolute atomic E-state index is 0.0668. The van der Waals surface area contributed by atoms with E-state index in [1.165, 1.54) is 32.1 Å². The lowest BCUT2D eigenvalue weighted by Gasteiger charge is -2.06. The zero-order valence-electron chi connectivity index (χ0n) is 17.4. The smallest absolute Gasteiger partial charge is 0.344 e. The molecule has 0 aliphatic heterocycles. The van der Waals surface area contributed by atoms with Crippen molar-refractivity contribution in [3.05, 3.63) is 63.2 Å². The lowest BCUT2D eigenvalue weighted by molar-refractivity contribution is -0.121. The zero-order valence-corrected chi connectivity index (χ0v) is 19.6. The number of carbonyl (C=O) groups is 2. The fraction of sp³-hybridized carbons (Fsp3) is 0.375. The van der Waals surface area contributed by atoms with Crippen LogP contribution in [0.4, 0.5) is 0 Å². The first-order valence-electron chi connectivity index (χ1n) is 10.5. The summed E-state index contributed by atoms with van der Waals surface area (Å²) in [5, 5.41) is 4.00. The highest BCUT2D eigenvalue weighted by Gasteiger charge is 2.11. The summed E-state index contributed by atoms with van der Waals surface area (Å²) < 4.78 is 6.25. The Labute approximate surface area is 192 Å². The maximum Gasteiger partial charge on any atom is 0.344 e. The van der Waals surface area contributed by atoms with Crippen LogP contribution in [0.25, 0.3) is 0 Å². The van der Waals surface area contributed by atoms with Crippen molar-refractivity contribution in [1.82, 2.24) is 5.43 Å². The van der Waals surface area contributed by atoms with Crippen LogP contribution in [0.5, 0.6) is 5.75 Å². The number of amides is 1. The first kappa shape index (κ1) is 24.1. The predicted octanol–water partition coefficient (Wildman–Crippen LogP) is 6.10. The Balaban J connectivity index is 1.70. The molecule has 0 bridgehead atoms. The van der Waals surface area contributed by atoms with Crippen LogP contribution < -0.4 is 10.2 Å². The SMILES string of the molecule is CCCCCCCCCC(=O)N/N=C/c1ccc(OC(=O)c2ccccc2I)cc1. The summed E-state index contributed by atoms with van der Waals surface area (Å²) in [6.45, 7) is 2.21. The van der Waals surface area contributed by atoms with Crippen LogP contribution in [-0.2, 0) is 4.79 Å². The molecular formula is C24H29IN2O3. The highest BCUT2D eigenvalue weighted by atomic mass is 127. The van der Waals surface area contributed by atoms with E-state index < -0.39 is 0 Å². The molecule has 0 spiro atoms. The molecule has 0 saturated heterocycles. The van der Waals surface area contributed by atoms with E-state index in [4.69, 9.17) is 4.74 Å². The van der Waals surface area contributed by atoms with Gasteiger partial charge in [-0.3, -0.25) is 4.79 Å². The summed E-state index contributed by atoms with van der Waals surface area (Å²) in [6.07, 6.45) is 10.3. The number of benzene rings is 2.